The minimum Gasteiger partial charge on any atom is -0.497 e. The van der Waals surface area contributed by atoms with Gasteiger partial charge in [0.2, 0.25) is 11.8 Å². The van der Waals surface area contributed by atoms with Crippen molar-refractivity contribution in [1.29, 1.82) is 0 Å². The summed E-state index contributed by atoms with van der Waals surface area (Å²) < 4.78 is 11.3. The van der Waals surface area contributed by atoms with Gasteiger partial charge in [0.05, 0.1) is 26.4 Å². The van der Waals surface area contributed by atoms with Crippen LogP contribution in [0.25, 0.3) is 33.3 Å². The number of carbonyl (C=O) groups is 1. The predicted octanol–water partition coefficient (Wildman–Crippen LogP) is 7.20. The summed E-state index contributed by atoms with van der Waals surface area (Å²) in [5.41, 5.74) is 3.35. The van der Waals surface area contributed by atoms with Crippen molar-refractivity contribution in [2.75, 3.05) is 38.3 Å². The summed E-state index contributed by atoms with van der Waals surface area (Å²) in [5, 5.41) is 9.32. The second kappa shape index (κ2) is 13.7. The average molecular weight is 651 g/mol. The van der Waals surface area contributed by atoms with Gasteiger partial charge in [0.1, 0.15) is 34.4 Å². The fourth-order valence-corrected chi connectivity index (χ4v) is 10.5. The molecule has 0 aliphatic carbocycles. The highest BCUT2D eigenvalue weighted by Crippen LogP contribution is 2.54. The van der Waals surface area contributed by atoms with Crippen LogP contribution in [-0.4, -0.2) is 44.3 Å². The summed E-state index contributed by atoms with van der Waals surface area (Å²) in [4.78, 5) is 20.0. The van der Waals surface area contributed by atoms with Gasteiger partial charge in [-0.2, -0.15) is 0 Å². The Hall–Kier alpha value is -5.45. The van der Waals surface area contributed by atoms with Crippen LogP contribution in [0.2, 0.25) is 0 Å². The molecule has 1 amide bonds. The molecular weight excluding hydrogens is 613 g/mol. The number of fused-ring (bicyclic) bond motifs is 2. The van der Waals surface area contributed by atoms with Crippen LogP contribution in [0.4, 0.5) is 5.69 Å². The number of benzene rings is 6. The van der Waals surface area contributed by atoms with Gasteiger partial charge >= 0.3 is 0 Å². The molecule has 0 aliphatic heterocycles. The van der Waals surface area contributed by atoms with E-state index in [1.54, 1.807) is 7.11 Å². The lowest BCUT2D eigenvalue weighted by Gasteiger charge is -2.28. The first-order chi connectivity index (χ1) is 23.5. The minimum absolute atomic E-state index is 0.00665. The third kappa shape index (κ3) is 6.27. The zero-order valence-electron chi connectivity index (χ0n) is 27.0. The van der Waals surface area contributed by atoms with Gasteiger partial charge < -0.3 is 19.4 Å². The molecule has 6 aromatic carbocycles. The van der Waals surface area contributed by atoms with Crippen LogP contribution in [0.15, 0.2) is 150 Å². The summed E-state index contributed by atoms with van der Waals surface area (Å²) in [6.07, 6.45) is 0.826. The first kappa shape index (κ1) is 31.2. The van der Waals surface area contributed by atoms with E-state index >= 15 is 0 Å². The SMILES string of the molecule is COc1ccc2oc(-c3ccc4cc(N(C)CC(=O)NCC[P+](c5ccccc5)(c5ccccc5)c5ccccc5)ccc4c3)nc2c1. The van der Waals surface area contributed by atoms with Crippen LogP contribution in [-0.2, 0) is 4.79 Å². The normalized spacial score (nSPS) is 11.5. The summed E-state index contributed by atoms with van der Waals surface area (Å²) in [5.74, 6) is 1.30. The van der Waals surface area contributed by atoms with Gasteiger partial charge in [-0.25, -0.2) is 4.98 Å². The van der Waals surface area contributed by atoms with E-state index in [9.17, 15) is 4.79 Å². The third-order valence-electron chi connectivity index (χ3n) is 8.85. The minimum atomic E-state index is -2.01. The molecule has 7 aromatic rings. The zero-order chi connectivity index (χ0) is 32.9. The number of amides is 1. The Balaban J connectivity index is 1.05. The van der Waals surface area contributed by atoms with Crippen LogP contribution in [0, 0.1) is 0 Å². The topological polar surface area (TPSA) is 67.6 Å². The highest BCUT2D eigenvalue weighted by molar-refractivity contribution is 7.95. The molecule has 0 radical (unpaired) electrons. The molecule has 6 nitrogen and oxygen atoms in total. The van der Waals surface area contributed by atoms with E-state index in [0.717, 1.165) is 39.5 Å². The maximum absolute atomic E-state index is 13.3. The molecule has 0 fully saturated rings. The summed E-state index contributed by atoms with van der Waals surface area (Å²) >= 11 is 0. The van der Waals surface area contributed by atoms with E-state index < -0.39 is 7.26 Å². The molecule has 238 valence electrons. The van der Waals surface area contributed by atoms with Gasteiger partial charge in [-0.15, -0.1) is 0 Å². The van der Waals surface area contributed by atoms with Crippen LogP contribution in [0.5, 0.6) is 5.75 Å². The first-order valence-corrected chi connectivity index (χ1v) is 18.0. The predicted molar refractivity (Wildman–Crippen MR) is 200 cm³/mol. The average Bonchev–Trinajstić information content (AvgIpc) is 3.58. The maximum atomic E-state index is 13.3. The van der Waals surface area contributed by atoms with Crippen LogP contribution in [0.1, 0.15) is 0 Å². The molecule has 7 heteroatoms. The van der Waals surface area contributed by atoms with E-state index in [0.29, 0.717) is 18.0 Å². The standard InChI is InChI=1S/C41H36N3O3P/c1-44(33-21-20-30-26-32(19-18-31(30)27-33)41-43-38-28-34(46-2)22-23-39(38)47-41)29-40(45)42-24-25-48(35-12-6-3-7-13-35,36-14-8-4-9-15-36)37-16-10-5-11-17-37/h3-23,26-28H,24-25,29H2,1-2H3/p+1. The highest BCUT2D eigenvalue weighted by atomic mass is 31.2. The largest absolute Gasteiger partial charge is 0.497 e. The molecule has 0 spiro atoms. The number of anilines is 1. The number of oxazole rings is 1. The lowest BCUT2D eigenvalue weighted by Crippen LogP contribution is -2.40. The van der Waals surface area contributed by atoms with Crippen LogP contribution < -0.4 is 30.9 Å². The van der Waals surface area contributed by atoms with E-state index in [2.05, 4.69) is 126 Å². The third-order valence-corrected chi connectivity index (χ3v) is 13.3. The van der Waals surface area contributed by atoms with Crippen molar-refractivity contribution in [1.82, 2.24) is 10.3 Å². The molecule has 0 saturated heterocycles. The van der Waals surface area contributed by atoms with Crippen LogP contribution >= 0.6 is 7.26 Å². The van der Waals surface area contributed by atoms with Gasteiger partial charge in [-0.3, -0.25) is 4.79 Å². The van der Waals surface area contributed by atoms with Gasteiger partial charge in [0.15, 0.2) is 5.58 Å². The smallest absolute Gasteiger partial charge is 0.239 e. The molecule has 1 heterocycles. The fraction of sp³-hybridized carbons (Fsp3) is 0.122. The molecule has 1 aromatic heterocycles. The molecule has 1 N–H and O–H groups in total. The van der Waals surface area contributed by atoms with E-state index in [1.807, 2.05) is 42.3 Å². The Labute approximate surface area is 281 Å². The van der Waals surface area contributed by atoms with E-state index in [1.165, 1.54) is 15.9 Å². The Bertz CT molecular complexity index is 2070. The number of rotatable bonds is 11. The van der Waals surface area contributed by atoms with Gasteiger partial charge in [-0.1, -0.05) is 66.7 Å². The van der Waals surface area contributed by atoms with Crippen molar-refractivity contribution in [3.8, 4) is 17.2 Å². The van der Waals surface area contributed by atoms with Crippen molar-refractivity contribution in [3.05, 3.63) is 146 Å². The van der Waals surface area contributed by atoms with Crippen molar-refractivity contribution in [2.24, 2.45) is 0 Å². The zero-order valence-corrected chi connectivity index (χ0v) is 27.9. The highest BCUT2D eigenvalue weighted by Gasteiger charge is 2.44. The fourth-order valence-electron chi connectivity index (χ4n) is 6.37. The number of nitrogens with one attached hydrogen (secondary N) is 1. The number of ether oxygens (including phenoxy) is 1. The number of carbonyl (C=O) groups excluding carboxylic acids is 1. The molecule has 0 bridgehead atoms. The van der Waals surface area contributed by atoms with Gasteiger partial charge in [0, 0.05) is 24.4 Å². The Morgan fingerprint density at radius 3 is 1.98 bits per heavy atom. The van der Waals surface area contributed by atoms with Crippen molar-refractivity contribution >= 4 is 56.6 Å². The summed E-state index contributed by atoms with van der Waals surface area (Å²) in [7, 11) is 1.58. The molecule has 0 aliphatic rings. The molecule has 0 unspecified atom stereocenters. The second-order valence-corrected chi connectivity index (χ2v) is 15.5. The number of hydrogen-bond donors (Lipinski definition) is 1. The maximum Gasteiger partial charge on any atom is 0.239 e. The second-order valence-electron chi connectivity index (χ2n) is 11.8. The van der Waals surface area contributed by atoms with Crippen LogP contribution in [0.3, 0.4) is 0 Å². The molecule has 0 atom stereocenters. The number of hydrogen-bond acceptors (Lipinski definition) is 5. The van der Waals surface area contributed by atoms with Crippen molar-refractivity contribution in [3.63, 3.8) is 0 Å². The Kier molecular flexibility index (Phi) is 8.91. The Morgan fingerprint density at radius 1 is 0.750 bits per heavy atom. The van der Waals surface area contributed by atoms with Gasteiger partial charge in [0.25, 0.3) is 0 Å². The van der Waals surface area contributed by atoms with E-state index in [4.69, 9.17) is 9.15 Å². The summed E-state index contributed by atoms with van der Waals surface area (Å²) in [6.45, 7) is 0.825. The molecular formula is C41H37N3O3P+. The number of nitrogens with zero attached hydrogens (tertiary/aromatic N) is 2. The van der Waals surface area contributed by atoms with E-state index in [-0.39, 0.29) is 12.5 Å². The lowest BCUT2D eigenvalue weighted by atomic mass is 10.1. The first-order valence-electron chi connectivity index (χ1n) is 16.0. The lowest BCUT2D eigenvalue weighted by molar-refractivity contribution is -0.119. The molecule has 0 saturated carbocycles. The quantitative estimate of drug-likeness (QED) is 0.150. The number of methoxy groups -OCH3 is 1. The van der Waals surface area contributed by atoms with Crippen molar-refractivity contribution < 1.29 is 13.9 Å². The van der Waals surface area contributed by atoms with Crippen molar-refractivity contribution in [2.45, 2.75) is 0 Å². The Morgan fingerprint density at radius 2 is 1.35 bits per heavy atom. The summed E-state index contributed by atoms with van der Waals surface area (Å²) in [6, 6.07) is 50.3. The number of aromatic nitrogens is 1. The monoisotopic (exact) mass is 650 g/mol. The van der Waals surface area contributed by atoms with Gasteiger partial charge in [-0.05, 0) is 83.6 Å². The molecule has 48 heavy (non-hydrogen) atoms. The molecule has 7 rings (SSSR count). The number of likely N-dealkylation sites (N-methyl/N-ethyl adjacent to an activating group) is 1.